The lowest BCUT2D eigenvalue weighted by Gasteiger charge is -2.11. The lowest BCUT2D eigenvalue weighted by molar-refractivity contribution is -0.145. The number of aromatic nitrogens is 2. The van der Waals surface area contributed by atoms with Crippen molar-refractivity contribution in [3.63, 3.8) is 0 Å². The van der Waals surface area contributed by atoms with Crippen LogP contribution < -0.4 is 5.32 Å². The molecular weight excluding hydrogens is 266 g/mol. The number of aliphatic carboxylic acids is 2. The Labute approximate surface area is 112 Å². The van der Waals surface area contributed by atoms with E-state index in [1.165, 1.54) is 0 Å². The molecule has 8 heteroatoms. The van der Waals surface area contributed by atoms with E-state index < -0.39 is 30.3 Å². The van der Waals surface area contributed by atoms with Crippen molar-refractivity contribution in [1.29, 1.82) is 0 Å². The molecule has 0 saturated heterocycles. The summed E-state index contributed by atoms with van der Waals surface area (Å²) in [5, 5.41) is 26.6. The molecule has 0 radical (unpaired) electrons. The SMILES string of the molecule is O=C(O)C[C@@H](NC(=O)c1n[nH]c2ccccc12)C(=O)O. The molecule has 2 aromatic rings. The number of nitrogens with zero attached hydrogens (tertiary/aromatic N) is 1. The van der Waals surface area contributed by atoms with Crippen LogP contribution in [-0.4, -0.2) is 44.3 Å². The van der Waals surface area contributed by atoms with Crippen molar-refractivity contribution in [1.82, 2.24) is 15.5 Å². The molecule has 4 N–H and O–H groups in total. The molecule has 0 fully saturated rings. The van der Waals surface area contributed by atoms with Crippen LogP contribution in [0, 0.1) is 0 Å². The Hall–Kier alpha value is -2.90. The molecule has 2 rings (SSSR count). The van der Waals surface area contributed by atoms with Crippen LogP contribution in [0.15, 0.2) is 24.3 Å². The second-order valence-corrected chi connectivity index (χ2v) is 4.08. The Kier molecular flexibility index (Phi) is 3.65. The number of carboxylic acids is 2. The summed E-state index contributed by atoms with van der Waals surface area (Å²) in [5.41, 5.74) is 0.653. The van der Waals surface area contributed by atoms with Gasteiger partial charge in [-0.3, -0.25) is 14.7 Å². The minimum absolute atomic E-state index is 0.0252. The van der Waals surface area contributed by atoms with Crippen molar-refractivity contribution in [3.8, 4) is 0 Å². The van der Waals surface area contributed by atoms with E-state index in [1.807, 2.05) is 0 Å². The average molecular weight is 277 g/mol. The van der Waals surface area contributed by atoms with E-state index in [-0.39, 0.29) is 5.69 Å². The number of aromatic amines is 1. The molecule has 0 unspecified atom stereocenters. The zero-order valence-corrected chi connectivity index (χ0v) is 10.2. The maximum absolute atomic E-state index is 12.0. The fraction of sp³-hybridized carbons (Fsp3) is 0.167. The summed E-state index contributed by atoms with van der Waals surface area (Å²) in [5.74, 6) is -3.47. The van der Waals surface area contributed by atoms with Crippen molar-refractivity contribution >= 4 is 28.7 Å². The number of hydrogen-bond acceptors (Lipinski definition) is 4. The molecule has 0 aliphatic heterocycles. The lowest BCUT2D eigenvalue weighted by Crippen LogP contribution is -2.42. The topological polar surface area (TPSA) is 132 Å². The highest BCUT2D eigenvalue weighted by Gasteiger charge is 2.25. The minimum atomic E-state index is -1.50. The van der Waals surface area contributed by atoms with Gasteiger partial charge >= 0.3 is 11.9 Å². The molecule has 1 atom stereocenters. The van der Waals surface area contributed by atoms with E-state index in [0.29, 0.717) is 10.9 Å². The van der Waals surface area contributed by atoms with Crippen molar-refractivity contribution in [2.45, 2.75) is 12.5 Å². The van der Waals surface area contributed by atoms with Crippen LogP contribution in [-0.2, 0) is 9.59 Å². The summed E-state index contributed by atoms with van der Waals surface area (Å²) in [4.78, 5) is 33.4. The van der Waals surface area contributed by atoms with Gasteiger partial charge in [-0.2, -0.15) is 5.10 Å². The number of nitrogens with one attached hydrogen (secondary N) is 2. The first-order valence-corrected chi connectivity index (χ1v) is 5.67. The van der Waals surface area contributed by atoms with E-state index in [2.05, 4.69) is 15.5 Å². The molecule has 0 bridgehead atoms. The molecule has 20 heavy (non-hydrogen) atoms. The maximum Gasteiger partial charge on any atom is 0.326 e. The van der Waals surface area contributed by atoms with Gasteiger partial charge in [0.05, 0.1) is 11.9 Å². The van der Waals surface area contributed by atoms with E-state index in [9.17, 15) is 14.4 Å². The summed E-state index contributed by atoms with van der Waals surface area (Å²) >= 11 is 0. The van der Waals surface area contributed by atoms with Crippen LogP contribution in [0.5, 0.6) is 0 Å². The van der Waals surface area contributed by atoms with Crippen LogP contribution in [0.4, 0.5) is 0 Å². The predicted octanol–water partition coefficient (Wildman–Crippen LogP) is 0.221. The molecule has 8 nitrogen and oxygen atoms in total. The quantitative estimate of drug-likeness (QED) is 0.618. The summed E-state index contributed by atoms with van der Waals surface area (Å²) in [6.07, 6.45) is -0.705. The molecular formula is C12H11N3O5. The van der Waals surface area contributed by atoms with Crippen molar-refractivity contribution in [2.24, 2.45) is 0 Å². The van der Waals surface area contributed by atoms with Gasteiger partial charge in [-0.1, -0.05) is 18.2 Å². The standard InChI is InChI=1S/C12H11N3O5/c16-9(17)5-8(12(19)20)13-11(18)10-6-3-1-2-4-7(6)14-15-10/h1-4,8H,5H2,(H,13,18)(H,14,15)(H,16,17)(H,19,20)/t8-/m1/s1. The fourth-order valence-corrected chi connectivity index (χ4v) is 1.74. The zero-order valence-electron chi connectivity index (χ0n) is 10.2. The Morgan fingerprint density at radius 3 is 2.60 bits per heavy atom. The van der Waals surface area contributed by atoms with Gasteiger partial charge in [0.25, 0.3) is 5.91 Å². The molecule has 0 aliphatic carbocycles. The number of rotatable bonds is 5. The number of carbonyl (C=O) groups excluding carboxylic acids is 1. The Morgan fingerprint density at radius 1 is 1.25 bits per heavy atom. The van der Waals surface area contributed by atoms with E-state index >= 15 is 0 Å². The summed E-state index contributed by atoms with van der Waals surface area (Å²) in [6, 6.07) is 5.33. The van der Waals surface area contributed by atoms with Crippen LogP contribution in [0.25, 0.3) is 10.9 Å². The van der Waals surface area contributed by atoms with Gasteiger partial charge in [0.2, 0.25) is 0 Å². The number of para-hydroxylation sites is 1. The van der Waals surface area contributed by atoms with Gasteiger partial charge < -0.3 is 15.5 Å². The summed E-state index contributed by atoms with van der Waals surface area (Å²) in [7, 11) is 0. The van der Waals surface area contributed by atoms with Gasteiger partial charge in [-0.25, -0.2) is 4.79 Å². The molecule has 1 amide bonds. The Morgan fingerprint density at radius 2 is 1.95 bits per heavy atom. The second kappa shape index (κ2) is 5.39. The molecule has 104 valence electrons. The first-order chi connectivity index (χ1) is 9.49. The maximum atomic E-state index is 12.0. The Bertz CT molecular complexity index is 679. The van der Waals surface area contributed by atoms with E-state index in [1.54, 1.807) is 24.3 Å². The summed E-state index contributed by atoms with van der Waals surface area (Å²) < 4.78 is 0. The van der Waals surface area contributed by atoms with Gasteiger partial charge in [-0.15, -0.1) is 0 Å². The average Bonchev–Trinajstić information content (AvgIpc) is 2.81. The largest absolute Gasteiger partial charge is 0.481 e. The van der Waals surface area contributed by atoms with Crippen molar-refractivity contribution in [3.05, 3.63) is 30.0 Å². The fourth-order valence-electron chi connectivity index (χ4n) is 1.74. The first kappa shape index (κ1) is 13.5. The third kappa shape index (κ3) is 2.74. The number of hydrogen-bond donors (Lipinski definition) is 4. The number of carboxylic acid groups (broad SMARTS) is 2. The number of H-pyrrole nitrogens is 1. The molecule has 0 spiro atoms. The van der Waals surface area contributed by atoms with Crippen LogP contribution >= 0.6 is 0 Å². The molecule has 0 aliphatic rings. The number of amides is 1. The second-order valence-electron chi connectivity index (χ2n) is 4.08. The van der Waals surface area contributed by atoms with Crippen molar-refractivity contribution < 1.29 is 24.6 Å². The first-order valence-electron chi connectivity index (χ1n) is 5.67. The van der Waals surface area contributed by atoms with Gasteiger partial charge in [0.1, 0.15) is 6.04 Å². The Balaban J connectivity index is 2.22. The zero-order chi connectivity index (χ0) is 14.7. The summed E-state index contributed by atoms with van der Waals surface area (Å²) in [6.45, 7) is 0. The molecule has 1 aromatic heterocycles. The number of carbonyl (C=O) groups is 3. The molecule has 1 aromatic carbocycles. The van der Waals surface area contributed by atoms with E-state index in [0.717, 1.165) is 0 Å². The van der Waals surface area contributed by atoms with Gasteiger partial charge in [0, 0.05) is 5.39 Å². The highest BCUT2D eigenvalue weighted by molar-refractivity contribution is 6.05. The monoisotopic (exact) mass is 277 g/mol. The number of benzene rings is 1. The van der Waals surface area contributed by atoms with Gasteiger partial charge in [0.15, 0.2) is 5.69 Å². The van der Waals surface area contributed by atoms with Gasteiger partial charge in [-0.05, 0) is 6.07 Å². The van der Waals surface area contributed by atoms with E-state index in [4.69, 9.17) is 10.2 Å². The molecule has 0 saturated carbocycles. The molecule has 1 heterocycles. The minimum Gasteiger partial charge on any atom is -0.481 e. The highest BCUT2D eigenvalue weighted by Crippen LogP contribution is 2.15. The highest BCUT2D eigenvalue weighted by atomic mass is 16.4. The number of fused-ring (bicyclic) bond motifs is 1. The third-order valence-electron chi connectivity index (χ3n) is 2.67. The smallest absolute Gasteiger partial charge is 0.326 e. The lowest BCUT2D eigenvalue weighted by atomic mass is 10.1. The van der Waals surface area contributed by atoms with Crippen LogP contribution in [0.2, 0.25) is 0 Å². The van der Waals surface area contributed by atoms with Crippen molar-refractivity contribution in [2.75, 3.05) is 0 Å². The normalized spacial score (nSPS) is 12.0. The predicted molar refractivity (Wildman–Crippen MR) is 67.2 cm³/mol. The van der Waals surface area contributed by atoms with Crippen LogP contribution in [0.3, 0.4) is 0 Å². The third-order valence-corrected chi connectivity index (χ3v) is 2.67. The van der Waals surface area contributed by atoms with Crippen LogP contribution in [0.1, 0.15) is 16.9 Å².